The zero-order valence-electron chi connectivity index (χ0n) is 11.1. The number of halogens is 5. The van der Waals surface area contributed by atoms with E-state index in [0.29, 0.717) is 37.2 Å². The molecule has 2 aromatic carbocycles. The van der Waals surface area contributed by atoms with Gasteiger partial charge < -0.3 is 5.32 Å². The van der Waals surface area contributed by atoms with E-state index < -0.39 is 0 Å². The molecule has 0 atom stereocenters. The van der Waals surface area contributed by atoms with E-state index in [9.17, 15) is 0 Å². The fraction of sp³-hybridized carbons (Fsp3) is 0.200. The highest BCUT2D eigenvalue weighted by atomic mass is 35.5. The van der Waals surface area contributed by atoms with Gasteiger partial charge >= 0.3 is 0 Å². The van der Waals surface area contributed by atoms with E-state index in [2.05, 4.69) is 5.32 Å². The molecule has 2 aromatic rings. The minimum Gasteiger partial charge on any atom is -0.313 e. The predicted octanol–water partition coefficient (Wildman–Crippen LogP) is 6.73. The summed E-state index contributed by atoms with van der Waals surface area (Å²) < 4.78 is 0. The summed E-state index contributed by atoms with van der Waals surface area (Å²) >= 11 is 30.9. The maximum absolute atomic E-state index is 6.31. The van der Waals surface area contributed by atoms with Crippen LogP contribution in [-0.4, -0.2) is 6.54 Å². The van der Waals surface area contributed by atoms with E-state index in [1.807, 2.05) is 25.1 Å². The SMILES string of the molecule is CCNCc1ccc(-c2c(Cl)c(Cl)cc(Cl)c2Cl)cc1Cl. The topological polar surface area (TPSA) is 12.0 Å². The van der Waals surface area contributed by atoms with Crippen LogP contribution in [-0.2, 0) is 6.54 Å². The number of hydrogen-bond donors (Lipinski definition) is 1. The van der Waals surface area contributed by atoms with Gasteiger partial charge in [0.05, 0.1) is 20.1 Å². The van der Waals surface area contributed by atoms with Gasteiger partial charge in [-0.1, -0.05) is 77.1 Å². The molecule has 6 heteroatoms. The molecule has 0 saturated carbocycles. The third-order valence-electron chi connectivity index (χ3n) is 3.02. The second-order valence-corrected chi connectivity index (χ2v) is 6.41. The average molecular weight is 384 g/mol. The van der Waals surface area contributed by atoms with Crippen LogP contribution >= 0.6 is 58.0 Å². The second-order valence-electron chi connectivity index (χ2n) is 4.43. The van der Waals surface area contributed by atoms with Crippen molar-refractivity contribution in [2.24, 2.45) is 0 Å². The molecule has 0 fully saturated rings. The van der Waals surface area contributed by atoms with Gasteiger partial charge in [-0.2, -0.15) is 0 Å². The van der Waals surface area contributed by atoms with Crippen molar-refractivity contribution >= 4 is 58.0 Å². The Kier molecular flexibility index (Phi) is 6.07. The first kappa shape index (κ1) is 17.2. The quantitative estimate of drug-likeness (QED) is 0.577. The number of hydrogen-bond acceptors (Lipinski definition) is 1. The van der Waals surface area contributed by atoms with Crippen molar-refractivity contribution in [1.29, 1.82) is 0 Å². The van der Waals surface area contributed by atoms with Crippen LogP contribution in [0.15, 0.2) is 24.3 Å². The highest BCUT2D eigenvalue weighted by molar-refractivity contribution is 6.50. The van der Waals surface area contributed by atoms with Gasteiger partial charge in [0.15, 0.2) is 0 Å². The highest BCUT2D eigenvalue weighted by Crippen LogP contribution is 2.43. The van der Waals surface area contributed by atoms with Crippen molar-refractivity contribution < 1.29 is 0 Å². The van der Waals surface area contributed by atoms with E-state index in [4.69, 9.17) is 58.0 Å². The van der Waals surface area contributed by atoms with E-state index in [1.54, 1.807) is 0 Å². The standard InChI is InChI=1S/C15H12Cl5N/c1-2-21-7-9-4-3-8(5-10(9)16)13-14(19)11(17)6-12(18)15(13)20/h3-6,21H,2,7H2,1H3. The van der Waals surface area contributed by atoms with E-state index in [0.717, 1.165) is 17.7 Å². The largest absolute Gasteiger partial charge is 0.313 e. The van der Waals surface area contributed by atoms with Crippen LogP contribution < -0.4 is 5.32 Å². The first-order chi connectivity index (χ1) is 9.95. The van der Waals surface area contributed by atoms with E-state index in [1.165, 1.54) is 6.07 Å². The fourth-order valence-electron chi connectivity index (χ4n) is 1.93. The lowest BCUT2D eigenvalue weighted by Crippen LogP contribution is -2.11. The molecule has 0 aliphatic rings. The Labute approximate surface area is 149 Å². The van der Waals surface area contributed by atoms with Gasteiger partial charge in [-0.25, -0.2) is 0 Å². The molecule has 2 rings (SSSR count). The van der Waals surface area contributed by atoms with E-state index >= 15 is 0 Å². The summed E-state index contributed by atoms with van der Waals surface area (Å²) in [5, 5.41) is 5.30. The smallest absolute Gasteiger partial charge is 0.0686 e. The van der Waals surface area contributed by atoms with Crippen LogP contribution in [0.1, 0.15) is 12.5 Å². The third-order valence-corrected chi connectivity index (χ3v) is 4.95. The highest BCUT2D eigenvalue weighted by Gasteiger charge is 2.16. The molecule has 0 heterocycles. The summed E-state index contributed by atoms with van der Waals surface area (Å²) in [6, 6.07) is 7.17. The van der Waals surface area contributed by atoms with Crippen LogP contribution in [0.3, 0.4) is 0 Å². The lowest BCUT2D eigenvalue weighted by molar-refractivity contribution is 0.727. The van der Waals surface area contributed by atoms with Gasteiger partial charge in [0.2, 0.25) is 0 Å². The van der Waals surface area contributed by atoms with Gasteiger partial charge in [-0.05, 0) is 29.8 Å². The molecule has 0 bridgehead atoms. The summed E-state index contributed by atoms with van der Waals surface area (Å²) in [6.07, 6.45) is 0. The Morgan fingerprint density at radius 2 is 1.48 bits per heavy atom. The zero-order valence-corrected chi connectivity index (χ0v) is 14.9. The lowest BCUT2D eigenvalue weighted by atomic mass is 10.0. The Morgan fingerprint density at radius 3 is 2.00 bits per heavy atom. The maximum Gasteiger partial charge on any atom is 0.0686 e. The lowest BCUT2D eigenvalue weighted by Gasteiger charge is -2.12. The van der Waals surface area contributed by atoms with Gasteiger partial charge in [-0.3, -0.25) is 0 Å². The minimum atomic E-state index is 0.355. The maximum atomic E-state index is 6.31. The van der Waals surface area contributed by atoms with Crippen molar-refractivity contribution in [2.45, 2.75) is 13.5 Å². The fourth-order valence-corrected chi connectivity index (χ4v) is 3.21. The van der Waals surface area contributed by atoms with Crippen LogP contribution in [0.2, 0.25) is 25.1 Å². The summed E-state index contributed by atoms with van der Waals surface area (Å²) in [6.45, 7) is 3.61. The first-order valence-electron chi connectivity index (χ1n) is 6.28. The Morgan fingerprint density at radius 1 is 0.857 bits per heavy atom. The molecular weight excluding hydrogens is 371 g/mol. The summed E-state index contributed by atoms with van der Waals surface area (Å²) in [5.41, 5.74) is 2.37. The van der Waals surface area contributed by atoms with Crippen LogP contribution in [0.5, 0.6) is 0 Å². The van der Waals surface area contributed by atoms with Crippen molar-refractivity contribution in [3.05, 3.63) is 54.9 Å². The monoisotopic (exact) mass is 381 g/mol. The summed E-state index contributed by atoms with van der Waals surface area (Å²) in [4.78, 5) is 0. The molecule has 0 aliphatic heterocycles. The normalized spacial score (nSPS) is 11.0. The minimum absolute atomic E-state index is 0.355. The van der Waals surface area contributed by atoms with Gasteiger partial charge in [0.1, 0.15) is 0 Å². The van der Waals surface area contributed by atoms with Crippen molar-refractivity contribution in [1.82, 2.24) is 5.32 Å². The zero-order chi connectivity index (χ0) is 15.6. The van der Waals surface area contributed by atoms with Crippen LogP contribution in [0.25, 0.3) is 11.1 Å². The van der Waals surface area contributed by atoms with Crippen molar-refractivity contribution in [3.63, 3.8) is 0 Å². The van der Waals surface area contributed by atoms with Crippen molar-refractivity contribution in [3.8, 4) is 11.1 Å². The van der Waals surface area contributed by atoms with E-state index in [-0.39, 0.29) is 0 Å². The average Bonchev–Trinajstić information content (AvgIpc) is 2.44. The summed E-state index contributed by atoms with van der Waals surface area (Å²) in [5.74, 6) is 0. The molecule has 0 radical (unpaired) electrons. The van der Waals surface area contributed by atoms with Crippen LogP contribution in [0.4, 0.5) is 0 Å². The van der Waals surface area contributed by atoms with Gasteiger partial charge in [-0.15, -0.1) is 0 Å². The number of benzene rings is 2. The first-order valence-corrected chi connectivity index (χ1v) is 8.17. The Balaban J connectivity index is 2.51. The molecule has 0 aromatic heterocycles. The summed E-state index contributed by atoms with van der Waals surface area (Å²) in [7, 11) is 0. The predicted molar refractivity (Wildman–Crippen MR) is 94.3 cm³/mol. The molecule has 0 spiro atoms. The van der Waals surface area contributed by atoms with Gasteiger partial charge in [0, 0.05) is 17.1 Å². The Bertz CT molecular complexity index is 643. The Hall–Kier alpha value is -0.150. The van der Waals surface area contributed by atoms with Gasteiger partial charge in [0.25, 0.3) is 0 Å². The second kappa shape index (κ2) is 7.41. The number of nitrogens with one attached hydrogen (secondary N) is 1. The molecule has 0 saturated heterocycles. The molecule has 0 amide bonds. The molecular formula is C15H12Cl5N. The molecule has 21 heavy (non-hydrogen) atoms. The van der Waals surface area contributed by atoms with Crippen LogP contribution in [0, 0.1) is 0 Å². The molecule has 112 valence electrons. The molecule has 0 unspecified atom stereocenters. The third kappa shape index (κ3) is 3.79. The van der Waals surface area contributed by atoms with Crippen molar-refractivity contribution in [2.75, 3.05) is 6.54 Å². The molecule has 1 nitrogen and oxygen atoms in total. The molecule has 1 N–H and O–H groups in total. The number of rotatable bonds is 4. The molecule has 0 aliphatic carbocycles.